The van der Waals surface area contributed by atoms with Crippen molar-refractivity contribution in [2.75, 3.05) is 6.54 Å². The van der Waals surface area contributed by atoms with Gasteiger partial charge in [0.15, 0.2) is 0 Å². The lowest BCUT2D eigenvalue weighted by atomic mass is 10.6. The summed E-state index contributed by atoms with van der Waals surface area (Å²) < 4.78 is 1.66. The van der Waals surface area contributed by atoms with Crippen molar-refractivity contribution in [3.63, 3.8) is 0 Å². The first-order valence-corrected chi connectivity index (χ1v) is 3.36. The molecular formula is C6H10N4O. The van der Waals surface area contributed by atoms with Crippen molar-refractivity contribution in [3.8, 4) is 0 Å². The molecule has 0 radical (unpaired) electrons. The fourth-order valence-electron chi connectivity index (χ4n) is 0.695. The van der Waals surface area contributed by atoms with Gasteiger partial charge in [-0.15, -0.1) is 0 Å². The fraction of sp³-hybridized carbons (Fsp3) is 0.500. The van der Waals surface area contributed by atoms with Gasteiger partial charge in [0.25, 0.3) is 0 Å². The van der Waals surface area contributed by atoms with E-state index in [0.717, 1.165) is 0 Å². The normalized spacial score (nSPS) is 9.55. The van der Waals surface area contributed by atoms with Crippen molar-refractivity contribution in [3.05, 3.63) is 12.7 Å². The Morgan fingerprint density at radius 3 is 3.09 bits per heavy atom. The molecule has 1 N–H and O–H groups in total. The van der Waals surface area contributed by atoms with Gasteiger partial charge in [-0.25, -0.2) is 4.98 Å². The minimum Gasteiger partial charge on any atom is -0.354 e. The van der Waals surface area contributed by atoms with Crippen LogP contribution in [0, 0.1) is 0 Å². The Morgan fingerprint density at radius 2 is 2.55 bits per heavy atom. The van der Waals surface area contributed by atoms with Crippen molar-refractivity contribution in [2.45, 2.75) is 13.5 Å². The largest absolute Gasteiger partial charge is 0.354 e. The molecule has 1 rings (SSSR count). The highest BCUT2D eigenvalue weighted by Crippen LogP contribution is 1.77. The molecule has 5 heteroatoms. The molecular weight excluding hydrogens is 144 g/mol. The first-order valence-electron chi connectivity index (χ1n) is 3.36. The quantitative estimate of drug-likeness (QED) is 0.633. The molecule has 0 atom stereocenters. The van der Waals surface area contributed by atoms with Gasteiger partial charge in [0.1, 0.15) is 12.7 Å². The summed E-state index contributed by atoms with van der Waals surface area (Å²) in [6.45, 7) is 2.75. The summed E-state index contributed by atoms with van der Waals surface area (Å²) in [5.41, 5.74) is 0. The van der Waals surface area contributed by atoms with E-state index in [1.165, 1.54) is 13.3 Å². The van der Waals surface area contributed by atoms with E-state index in [1.54, 1.807) is 11.0 Å². The molecule has 0 fully saturated rings. The van der Waals surface area contributed by atoms with Crippen LogP contribution in [-0.4, -0.2) is 27.2 Å². The van der Waals surface area contributed by atoms with E-state index in [9.17, 15) is 4.79 Å². The second-order valence-corrected chi connectivity index (χ2v) is 2.14. The molecule has 0 saturated heterocycles. The Kier molecular flexibility index (Phi) is 2.59. The topological polar surface area (TPSA) is 59.8 Å². The number of nitrogens with zero attached hydrogens (tertiary/aromatic N) is 3. The Bertz CT molecular complexity index is 218. The van der Waals surface area contributed by atoms with Crippen LogP contribution in [0.5, 0.6) is 0 Å². The third-order valence-electron chi connectivity index (χ3n) is 1.18. The third-order valence-corrected chi connectivity index (χ3v) is 1.18. The van der Waals surface area contributed by atoms with Crippen molar-refractivity contribution in [1.29, 1.82) is 0 Å². The van der Waals surface area contributed by atoms with E-state index >= 15 is 0 Å². The zero-order valence-corrected chi connectivity index (χ0v) is 6.32. The average Bonchev–Trinajstić information content (AvgIpc) is 2.39. The second-order valence-electron chi connectivity index (χ2n) is 2.14. The molecule has 0 aliphatic carbocycles. The van der Waals surface area contributed by atoms with Crippen molar-refractivity contribution in [1.82, 2.24) is 20.1 Å². The number of amides is 1. The van der Waals surface area contributed by atoms with Gasteiger partial charge < -0.3 is 5.32 Å². The van der Waals surface area contributed by atoms with Crippen molar-refractivity contribution >= 4 is 5.91 Å². The lowest BCUT2D eigenvalue weighted by Crippen LogP contribution is -2.24. The molecule has 1 aromatic heterocycles. The lowest BCUT2D eigenvalue weighted by Gasteiger charge is -2.00. The summed E-state index contributed by atoms with van der Waals surface area (Å²) in [5.74, 6) is -0.0230. The molecule has 60 valence electrons. The van der Waals surface area contributed by atoms with Crippen molar-refractivity contribution in [2.24, 2.45) is 0 Å². The molecule has 1 aromatic rings. The molecule has 5 nitrogen and oxygen atoms in total. The Labute approximate surface area is 64.4 Å². The van der Waals surface area contributed by atoms with E-state index in [0.29, 0.717) is 13.1 Å². The average molecular weight is 154 g/mol. The summed E-state index contributed by atoms with van der Waals surface area (Å²) in [7, 11) is 0. The van der Waals surface area contributed by atoms with Gasteiger partial charge in [0.05, 0.1) is 6.54 Å². The van der Waals surface area contributed by atoms with Gasteiger partial charge in [-0.2, -0.15) is 5.10 Å². The number of rotatable bonds is 3. The summed E-state index contributed by atoms with van der Waals surface area (Å²) in [5, 5.41) is 6.52. The van der Waals surface area contributed by atoms with E-state index in [2.05, 4.69) is 15.4 Å². The molecule has 1 heterocycles. The molecule has 0 aliphatic rings. The standard InChI is InChI=1S/C6H10N4O/c1-6(11)8-2-3-10-5-7-4-9-10/h4-5H,2-3H2,1H3,(H,8,11). The molecule has 0 spiro atoms. The van der Waals surface area contributed by atoms with Gasteiger partial charge in [-0.1, -0.05) is 0 Å². The predicted octanol–water partition coefficient (Wildman–Crippen LogP) is -0.586. The minimum atomic E-state index is -0.0230. The van der Waals surface area contributed by atoms with Crippen LogP contribution in [0.25, 0.3) is 0 Å². The van der Waals surface area contributed by atoms with Crippen LogP contribution < -0.4 is 5.32 Å². The molecule has 0 saturated carbocycles. The Balaban J connectivity index is 2.19. The van der Waals surface area contributed by atoms with Crippen molar-refractivity contribution < 1.29 is 4.79 Å². The van der Waals surface area contributed by atoms with Gasteiger partial charge >= 0.3 is 0 Å². The maximum absolute atomic E-state index is 10.4. The van der Waals surface area contributed by atoms with Crippen LogP contribution in [0.1, 0.15) is 6.92 Å². The molecule has 1 amide bonds. The number of carbonyl (C=O) groups excluding carboxylic acids is 1. The van der Waals surface area contributed by atoms with E-state index in [4.69, 9.17) is 0 Å². The Morgan fingerprint density at radius 1 is 1.73 bits per heavy atom. The van der Waals surface area contributed by atoms with E-state index in [1.807, 2.05) is 0 Å². The second kappa shape index (κ2) is 3.70. The highest BCUT2D eigenvalue weighted by molar-refractivity contribution is 5.72. The molecule has 0 bridgehead atoms. The SMILES string of the molecule is CC(=O)NCCn1cncn1. The predicted molar refractivity (Wildman–Crippen MR) is 38.7 cm³/mol. The number of nitrogens with one attached hydrogen (secondary N) is 1. The molecule has 0 aromatic carbocycles. The van der Waals surface area contributed by atoms with Crippen LogP contribution in [0.3, 0.4) is 0 Å². The maximum atomic E-state index is 10.4. The van der Waals surface area contributed by atoms with Crippen LogP contribution in [0.15, 0.2) is 12.7 Å². The zero-order valence-electron chi connectivity index (χ0n) is 6.32. The van der Waals surface area contributed by atoms with Gasteiger partial charge in [0, 0.05) is 13.5 Å². The van der Waals surface area contributed by atoms with Crippen LogP contribution in [0.2, 0.25) is 0 Å². The first kappa shape index (κ1) is 7.71. The van der Waals surface area contributed by atoms with Crippen LogP contribution >= 0.6 is 0 Å². The van der Waals surface area contributed by atoms with Crippen LogP contribution in [0.4, 0.5) is 0 Å². The summed E-state index contributed by atoms with van der Waals surface area (Å²) in [6, 6.07) is 0. The number of carbonyl (C=O) groups is 1. The van der Waals surface area contributed by atoms with Crippen LogP contribution in [-0.2, 0) is 11.3 Å². The number of hydrogen-bond acceptors (Lipinski definition) is 3. The molecule has 0 unspecified atom stereocenters. The monoisotopic (exact) mass is 154 g/mol. The van der Waals surface area contributed by atoms with Gasteiger partial charge in [-0.05, 0) is 0 Å². The third kappa shape index (κ3) is 2.79. The highest BCUT2D eigenvalue weighted by atomic mass is 16.1. The number of aromatic nitrogens is 3. The highest BCUT2D eigenvalue weighted by Gasteiger charge is 1.91. The van der Waals surface area contributed by atoms with Gasteiger partial charge in [0.2, 0.25) is 5.91 Å². The van der Waals surface area contributed by atoms with E-state index < -0.39 is 0 Å². The lowest BCUT2D eigenvalue weighted by molar-refractivity contribution is -0.118. The Hall–Kier alpha value is -1.39. The maximum Gasteiger partial charge on any atom is 0.216 e. The molecule has 11 heavy (non-hydrogen) atoms. The summed E-state index contributed by atoms with van der Waals surface area (Å²) in [6.07, 6.45) is 3.08. The molecule has 0 aliphatic heterocycles. The van der Waals surface area contributed by atoms with E-state index in [-0.39, 0.29) is 5.91 Å². The fourth-order valence-corrected chi connectivity index (χ4v) is 0.695. The summed E-state index contributed by atoms with van der Waals surface area (Å²) in [4.78, 5) is 14.2. The summed E-state index contributed by atoms with van der Waals surface area (Å²) >= 11 is 0. The number of hydrogen-bond donors (Lipinski definition) is 1. The first-order chi connectivity index (χ1) is 5.29. The zero-order chi connectivity index (χ0) is 8.10. The minimum absolute atomic E-state index is 0.0230. The smallest absolute Gasteiger partial charge is 0.216 e. The van der Waals surface area contributed by atoms with Gasteiger partial charge in [-0.3, -0.25) is 9.48 Å².